The predicted octanol–water partition coefficient (Wildman–Crippen LogP) is 4.50. The molecule has 1 fully saturated rings. The van der Waals surface area contributed by atoms with E-state index in [2.05, 4.69) is 46.4 Å². The Labute approximate surface area is 243 Å². The molecule has 1 N–H and O–H groups in total. The highest BCUT2D eigenvalue weighted by molar-refractivity contribution is 7.09. The molecule has 41 heavy (non-hydrogen) atoms. The summed E-state index contributed by atoms with van der Waals surface area (Å²) < 4.78 is 9.75. The van der Waals surface area contributed by atoms with Crippen LogP contribution in [0.15, 0.2) is 48.1 Å². The quantitative estimate of drug-likeness (QED) is 0.278. The first kappa shape index (κ1) is 27.4. The molecule has 214 valence electrons. The molecule has 0 saturated carbocycles. The Balaban J connectivity index is 1.15. The molecule has 4 aromatic heterocycles. The maximum Gasteiger partial charge on any atom is 0.274 e. The summed E-state index contributed by atoms with van der Waals surface area (Å²) in [5.41, 5.74) is 4.64. The molecule has 6 rings (SSSR count). The Morgan fingerprint density at radius 2 is 2.00 bits per heavy atom. The van der Waals surface area contributed by atoms with E-state index in [1.807, 2.05) is 48.1 Å². The van der Waals surface area contributed by atoms with Crippen molar-refractivity contribution in [3.8, 4) is 5.75 Å². The molecule has 1 aromatic carbocycles. The van der Waals surface area contributed by atoms with Gasteiger partial charge in [0.15, 0.2) is 0 Å². The number of rotatable bonds is 9. The minimum atomic E-state index is -0.234. The van der Waals surface area contributed by atoms with Gasteiger partial charge in [0.1, 0.15) is 23.7 Å². The van der Waals surface area contributed by atoms with Crippen LogP contribution in [0.3, 0.4) is 0 Å². The van der Waals surface area contributed by atoms with E-state index in [0.717, 1.165) is 71.5 Å². The number of likely N-dealkylation sites (N-methyl/N-ethyl adjacent to an activating group) is 1. The van der Waals surface area contributed by atoms with Crippen LogP contribution < -0.4 is 10.1 Å². The van der Waals surface area contributed by atoms with E-state index in [-0.39, 0.29) is 5.91 Å². The molecule has 5 aromatic rings. The first-order valence-electron chi connectivity index (χ1n) is 14.1. The molecular weight excluding hydrogens is 536 g/mol. The van der Waals surface area contributed by atoms with E-state index < -0.39 is 0 Å². The molecule has 11 heteroatoms. The van der Waals surface area contributed by atoms with Crippen molar-refractivity contribution < 1.29 is 9.53 Å². The van der Waals surface area contributed by atoms with Crippen molar-refractivity contribution in [2.45, 2.75) is 33.2 Å². The number of piperazine rings is 1. The molecule has 0 unspecified atom stereocenters. The highest BCUT2D eigenvalue weighted by atomic mass is 32.1. The summed E-state index contributed by atoms with van der Waals surface area (Å²) >= 11 is 1.68. The lowest BCUT2D eigenvalue weighted by Gasteiger charge is -2.32. The van der Waals surface area contributed by atoms with E-state index in [9.17, 15) is 4.79 Å². The number of amides is 1. The zero-order valence-electron chi connectivity index (χ0n) is 24.0. The van der Waals surface area contributed by atoms with Gasteiger partial charge >= 0.3 is 0 Å². The summed E-state index contributed by atoms with van der Waals surface area (Å²) in [6, 6.07) is 9.64. The van der Waals surface area contributed by atoms with Crippen LogP contribution >= 0.6 is 11.3 Å². The summed E-state index contributed by atoms with van der Waals surface area (Å²) in [4.78, 5) is 27.4. The van der Waals surface area contributed by atoms with Crippen LogP contribution in [0.25, 0.3) is 16.6 Å². The first-order chi connectivity index (χ1) is 19.9. The number of fused-ring (bicyclic) bond motifs is 2. The van der Waals surface area contributed by atoms with Gasteiger partial charge in [0.05, 0.1) is 40.3 Å². The van der Waals surface area contributed by atoms with Gasteiger partial charge in [0.2, 0.25) is 0 Å². The minimum absolute atomic E-state index is 0.234. The molecule has 0 aliphatic carbocycles. The van der Waals surface area contributed by atoms with Gasteiger partial charge in [0.25, 0.3) is 5.91 Å². The number of nitrogens with one attached hydrogen (secondary N) is 1. The third-order valence-corrected chi connectivity index (χ3v) is 8.76. The summed E-state index contributed by atoms with van der Waals surface area (Å²) in [5, 5.41) is 12.0. The number of aryl methyl sites for hydroxylation is 1. The smallest absolute Gasteiger partial charge is 0.274 e. The number of pyridine rings is 1. The van der Waals surface area contributed by atoms with E-state index in [4.69, 9.17) is 14.8 Å². The molecule has 10 nitrogen and oxygen atoms in total. The largest absolute Gasteiger partial charge is 0.492 e. The van der Waals surface area contributed by atoms with Crippen molar-refractivity contribution in [2.24, 2.45) is 0 Å². The Hall–Kier alpha value is -3.80. The third-order valence-electron chi connectivity index (χ3n) is 7.57. The first-order valence-corrected chi connectivity index (χ1v) is 15.0. The number of anilines is 1. The second-order valence-corrected chi connectivity index (χ2v) is 11.8. The normalized spacial score (nSPS) is 14.9. The number of hydrogen-bond donors (Lipinski definition) is 1. The van der Waals surface area contributed by atoms with Crippen LogP contribution in [0.2, 0.25) is 0 Å². The number of aromatic nitrogens is 5. The molecular formula is C30H36N8O2S. The Morgan fingerprint density at radius 1 is 1.17 bits per heavy atom. The predicted molar refractivity (Wildman–Crippen MR) is 162 cm³/mol. The monoisotopic (exact) mass is 572 g/mol. The van der Waals surface area contributed by atoms with Crippen LogP contribution in [-0.4, -0.2) is 86.2 Å². The Kier molecular flexibility index (Phi) is 7.74. The van der Waals surface area contributed by atoms with Crippen LogP contribution in [0, 0.1) is 6.92 Å². The van der Waals surface area contributed by atoms with Crippen molar-refractivity contribution in [1.82, 2.24) is 33.9 Å². The average molecular weight is 573 g/mol. The molecule has 0 atom stereocenters. The third kappa shape index (κ3) is 5.83. The molecule has 1 aliphatic rings. The van der Waals surface area contributed by atoms with Gasteiger partial charge in [-0.1, -0.05) is 19.9 Å². The zero-order valence-corrected chi connectivity index (χ0v) is 24.8. The molecule has 1 saturated heterocycles. The highest BCUT2D eigenvalue weighted by Gasteiger charge is 2.18. The zero-order chi connectivity index (χ0) is 28.5. The molecule has 0 radical (unpaired) electrons. The second kappa shape index (κ2) is 11.6. The minimum Gasteiger partial charge on any atom is -0.492 e. The van der Waals surface area contributed by atoms with E-state index in [1.54, 1.807) is 21.9 Å². The molecule has 1 aliphatic heterocycles. The number of carbonyl (C=O) groups excluding carboxylic acids is 1. The van der Waals surface area contributed by atoms with Gasteiger partial charge in [-0.15, -0.1) is 11.3 Å². The number of imidazole rings is 1. The van der Waals surface area contributed by atoms with Gasteiger partial charge in [-0.25, -0.2) is 9.97 Å². The van der Waals surface area contributed by atoms with Crippen molar-refractivity contribution in [3.63, 3.8) is 0 Å². The van der Waals surface area contributed by atoms with Gasteiger partial charge in [0, 0.05) is 61.7 Å². The maximum atomic E-state index is 13.4. The summed E-state index contributed by atoms with van der Waals surface area (Å²) in [7, 11) is 2.16. The summed E-state index contributed by atoms with van der Waals surface area (Å²) in [6.45, 7) is 12.7. The van der Waals surface area contributed by atoms with Gasteiger partial charge in [-0.2, -0.15) is 5.10 Å². The van der Waals surface area contributed by atoms with Crippen LogP contribution in [0.1, 0.15) is 46.6 Å². The van der Waals surface area contributed by atoms with Crippen molar-refractivity contribution in [2.75, 3.05) is 51.7 Å². The Morgan fingerprint density at radius 3 is 2.78 bits per heavy atom. The second-order valence-electron chi connectivity index (χ2n) is 11.0. The van der Waals surface area contributed by atoms with Gasteiger partial charge < -0.3 is 15.0 Å². The molecule has 0 bridgehead atoms. The number of nitrogens with zero attached hydrogens (tertiary/aromatic N) is 7. The lowest BCUT2D eigenvalue weighted by Crippen LogP contribution is -2.45. The fourth-order valence-corrected chi connectivity index (χ4v) is 6.06. The van der Waals surface area contributed by atoms with E-state index in [0.29, 0.717) is 30.4 Å². The summed E-state index contributed by atoms with van der Waals surface area (Å²) in [5.74, 6) is 0.914. The molecule has 1 amide bonds. The average Bonchev–Trinajstić information content (AvgIpc) is 3.68. The number of ether oxygens (including phenoxy) is 1. The topological polar surface area (TPSA) is 92.8 Å². The van der Waals surface area contributed by atoms with Crippen molar-refractivity contribution in [3.05, 3.63) is 70.2 Å². The Bertz CT molecular complexity index is 1680. The number of thiazole rings is 1. The van der Waals surface area contributed by atoms with Crippen LogP contribution in [0.4, 0.5) is 5.69 Å². The maximum absolute atomic E-state index is 13.4. The number of benzene rings is 1. The van der Waals surface area contributed by atoms with Gasteiger partial charge in [-0.3, -0.25) is 18.8 Å². The fraction of sp³-hybridized carbons (Fsp3) is 0.400. The molecule has 0 spiro atoms. The number of hydrogen-bond acceptors (Lipinski definition) is 8. The van der Waals surface area contributed by atoms with Crippen molar-refractivity contribution in [1.29, 1.82) is 0 Å². The lowest BCUT2D eigenvalue weighted by atomic mass is 10.1. The lowest BCUT2D eigenvalue weighted by molar-refractivity contribution is 0.102. The highest BCUT2D eigenvalue weighted by Crippen LogP contribution is 2.28. The molecule has 5 heterocycles. The fourth-order valence-electron chi connectivity index (χ4n) is 5.23. The van der Waals surface area contributed by atoms with Gasteiger partial charge in [-0.05, 0) is 32.2 Å². The SMILES string of the molecule is Cc1nn(Cc2csc(C(C)C)n2)c2cccc(NC(=O)c3cnc4cc(OCCN5CCN(C)CC5)ccn34)c12. The number of carbonyl (C=O) groups is 1. The van der Waals surface area contributed by atoms with Crippen LogP contribution in [-0.2, 0) is 6.54 Å². The summed E-state index contributed by atoms with van der Waals surface area (Å²) in [6.07, 6.45) is 3.44. The van der Waals surface area contributed by atoms with Crippen molar-refractivity contribution >= 4 is 39.5 Å². The standard InChI is InChI=1S/C30H36N8O2S/c1-20(2)30-32-22(19-41-30)18-38-25-7-5-6-24(28(25)21(3)34-38)33-29(39)26-17-31-27-16-23(8-9-37(26)27)40-15-14-36-12-10-35(4)11-13-36/h5-9,16-17,19-20H,10-15,18H2,1-4H3,(H,33,39). The van der Waals surface area contributed by atoms with E-state index in [1.165, 1.54) is 0 Å². The van der Waals surface area contributed by atoms with Crippen LogP contribution in [0.5, 0.6) is 5.75 Å². The van der Waals surface area contributed by atoms with E-state index >= 15 is 0 Å².